The number of hydrogen-bond donors (Lipinski definition) is 1. The van der Waals surface area contributed by atoms with Gasteiger partial charge in [0.15, 0.2) is 0 Å². The molecule has 0 saturated carbocycles. The highest BCUT2D eigenvalue weighted by molar-refractivity contribution is 5.72. The third-order valence-corrected chi connectivity index (χ3v) is 2.30. The number of amides is 1. The van der Waals surface area contributed by atoms with Gasteiger partial charge in [-0.25, -0.2) is 0 Å². The number of carbonyl (C=O) groups is 1. The van der Waals surface area contributed by atoms with Crippen molar-refractivity contribution >= 4 is 5.91 Å². The highest BCUT2D eigenvalue weighted by atomic mass is 16.1. The molecular weight excluding hydrogens is 176 g/mol. The molecule has 84 valence electrons. The molecule has 0 aromatic rings. The van der Waals surface area contributed by atoms with Crippen molar-refractivity contribution in [3.63, 3.8) is 0 Å². The molecule has 1 amide bonds. The minimum absolute atomic E-state index is 0.0594. The van der Waals surface area contributed by atoms with Gasteiger partial charge in [0.05, 0.1) is 0 Å². The molecule has 0 aromatic carbocycles. The first-order valence-electron chi connectivity index (χ1n) is 5.56. The van der Waals surface area contributed by atoms with Crippen molar-refractivity contribution in [2.24, 2.45) is 0 Å². The van der Waals surface area contributed by atoms with Gasteiger partial charge in [-0.05, 0) is 26.8 Å². The highest BCUT2D eigenvalue weighted by Gasteiger charge is 2.07. The zero-order valence-corrected chi connectivity index (χ0v) is 9.97. The lowest BCUT2D eigenvalue weighted by atomic mass is 10.2. The molecule has 0 aromatic heterocycles. The molecule has 0 heterocycles. The minimum Gasteiger partial charge on any atom is -0.355 e. The monoisotopic (exact) mass is 200 g/mol. The number of nitrogens with zero attached hydrogens (tertiary/aromatic N) is 1. The Morgan fingerprint density at radius 2 is 2.00 bits per heavy atom. The summed E-state index contributed by atoms with van der Waals surface area (Å²) in [6.07, 6.45) is 2.46. The number of nitrogens with one attached hydrogen (secondary N) is 1. The van der Waals surface area contributed by atoms with E-state index >= 15 is 0 Å². The van der Waals surface area contributed by atoms with Crippen LogP contribution in [-0.2, 0) is 4.79 Å². The SMILES string of the molecule is CCCCN(CCNC(C)=O)C(C)C. The standard InChI is InChI=1S/C11H24N2O/c1-5-6-8-13(10(2)3)9-7-12-11(4)14/h10H,5-9H2,1-4H3,(H,12,14). The molecule has 0 saturated heterocycles. The maximum absolute atomic E-state index is 10.7. The third kappa shape index (κ3) is 6.89. The first-order valence-corrected chi connectivity index (χ1v) is 5.56. The predicted octanol–water partition coefficient (Wildman–Crippen LogP) is 1.63. The Balaban J connectivity index is 3.67. The molecule has 0 aliphatic carbocycles. The van der Waals surface area contributed by atoms with Crippen molar-refractivity contribution in [2.45, 2.75) is 46.6 Å². The molecule has 0 unspecified atom stereocenters. The number of unbranched alkanes of at least 4 members (excludes halogenated alkanes) is 1. The zero-order chi connectivity index (χ0) is 11.0. The Morgan fingerprint density at radius 3 is 2.43 bits per heavy atom. The lowest BCUT2D eigenvalue weighted by molar-refractivity contribution is -0.119. The van der Waals surface area contributed by atoms with Crippen molar-refractivity contribution in [3.05, 3.63) is 0 Å². The molecule has 3 nitrogen and oxygen atoms in total. The van der Waals surface area contributed by atoms with Crippen LogP contribution in [0.5, 0.6) is 0 Å². The second kappa shape index (κ2) is 7.80. The van der Waals surface area contributed by atoms with Crippen molar-refractivity contribution in [1.29, 1.82) is 0 Å². The van der Waals surface area contributed by atoms with Crippen LogP contribution in [0.3, 0.4) is 0 Å². The van der Waals surface area contributed by atoms with Gasteiger partial charge in [-0.2, -0.15) is 0 Å². The lowest BCUT2D eigenvalue weighted by Gasteiger charge is -2.26. The summed E-state index contributed by atoms with van der Waals surface area (Å²) in [7, 11) is 0. The predicted molar refractivity (Wildman–Crippen MR) is 60.3 cm³/mol. The molecule has 1 N–H and O–H groups in total. The van der Waals surface area contributed by atoms with Crippen molar-refractivity contribution < 1.29 is 4.79 Å². The zero-order valence-electron chi connectivity index (χ0n) is 9.97. The summed E-state index contributed by atoms with van der Waals surface area (Å²) < 4.78 is 0. The van der Waals surface area contributed by atoms with Crippen LogP contribution in [0.25, 0.3) is 0 Å². The van der Waals surface area contributed by atoms with Gasteiger partial charge in [0.25, 0.3) is 0 Å². The topological polar surface area (TPSA) is 32.3 Å². The molecule has 0 aliphatic heterocycles. The molecule has 0 rings (SSSR count). The fraction of sp³-hybridized carbons (Fsp3) is 0.909. The van der Waals surface area contributed by atoms with E-state index in [2.05, 4.69) is 31.0 Å². The van der Waals surface area contributed by atoms with Gasteiger partial charge < -0.3 is 5.32 Å². The smallest absolute Gasteiger partial charge is 0.216 e. The lowest BCUT2D eigenvalue weighted by Crippen LogP contribution is -2.38. The maximum atomic E-state index is 10.7. The van der Waals surface area contributed by atoms with Gasteiger partial charge in [-0.1, -0.05) is 13.3 Å². The number of carbonyl (C=O) groups excluding carboxylic acids is 1. The Bertz CT molecular complexity index is 157. The van der Waals surface area contributed by atoms with E-state index in [1.165, 1.54) is 12.8 Å². The Morgan fingerprint density at radius 1 is 1.36 bits per heavy atom. The van der Waals surface area contributed by atoms with E-state index in [1.807, 2.05) is 0 Å². The molecule has 14 heavy (non-hydrogen) atoms. The summed E-state index contributed by atoms with van der Waals surface area (Å²) in [5.74, 6) is 0.0594. The van der Waals surface area contributed by atoms with E-state index in [1.54, 1.807) is 6.92 Å². The summed E-state index contributed by atoms with van der Waals surface area (Å²) in [6, 6.07) is 0.565. The van der Waals surface area contributed by atoms with Crippen LogP contribution >= 0.6 is 0 Å². The average Bonchev–Trinajstić information content (AvgIpc) is 2.09. The van der Waals surface area contributed by atoms with Crippen molar-refractivity contribution in [3.8, 4) is 0 Å². The summed E-state index contributed by atoms with van der Waals surface area (Å²) in [4.78, 5) is 13.1. The van der Waals surface area contributed by atoms with Crippen molar-refractivity contribution in [2.75, 3.05) is 19.6 Å². The average molecular weight is 200 g/mol. The second-order valence-corrected chi connectivity index (χ2v) is 3.97. The maximum Gasteiger partial charge on any atom is 0.216 e. The van der Waals surface area contributed by atoms with Gasteiger partial charge in [-0.15, -0.1) is 0 Å². The number of rotatable bonds is 7. The van der Waals surface area contributed by atoms with Gasteiger partial charge in [0, 0.05) is 26.1 Å². The van der Waals surface area contributed by atoms with Crippen LogP contribution < -0.4 is 5.32 Å². The van der Waals surface area contributed by atoms with Crippen LogP contribution in [0, 0.1) is 0 Å². The first kappa shape index (κ1) is 13.4. The van der Waals surface area contributed by atoms with E-state index in [9.17, 15) is 4.79 Å². The Kier molecular flexibility index (Phi) is 7.48. The molecule has 0 radical (unpaired) electrons. The van der Waals surface area contributed by atoms with E-state index in [0.29, 0.717) is 6.04 Å². The van der Waals surface area contributed by atoms with Gasteiger partial charge in [-0.3, -0.25) is 9.69 Å². The van der Waals surface area contributed by atoms with Crippen LogP contribution in [-0.4, -0.2) is 36.5 Å². The quantitative estimate of drug-likeness (QED) is 0.677. The van der Waals surface area contributed by atoms with E-state index in [4.69, 9.17) is 0 Å². The molecule has 3 heteroatoms. The van der Waals surface area contributed by atoms with E-state index in [-0.39, 0.29) is 5.91 Å². The molecular formula is C11H24N2O. The second-order valence-electron chi connectivity index (χ2n) is 3.97. The molecule has 0 atom stereocenters. The summed E-state index contributed by atoms with van der Waals surface area (Å²) in [5, 5.41) is 2.83. The molecule has 0 bridgehead atoms. The normalized spacial score (nSPS) is 11.0. The first-order chi connectivity index (χ1) is 6.57. The van der Waals surface area contributed by atoms with Gasteiger partial charge in [0.1, 0.15) is 0 Å². The Labute approximate surface area is 87.9 Å². The van der Waals surface area contributed by atoms with Crippen LogP contribution in [0.4, 0.5) is 0 Å². The summed E-state index contributed by atoms with van der Waals surface area (Å²) in [5.41, 5.74) is 0. The van der Waals surface area contributed by atoms with Gasteiger partial charge in [0.2, 0.25) is 5.91 Å². The van der Waals surface area contributed by atoms with Gasteiger partial charge >= 0.3 is 0 Å². The van der Waals surface area contributed by atoms with Crippen LogP contribution in [0.2, 0.25) is 0 Å². The molecule has 0 aliphatic rings. The Hall–Kier alpha value is -0.570. The number of hydrogen-bond acceptors (Lipinski definition) is 2. The van der Waals surface area contributed by atoms with Crippen molar-refractivity contribution in [1.82, 2.24) is 10.2 Å². The fourth-order valence-electron chi connectivity index (χ4n) is 1.36. The molecule has 0 fully saturated rings. The largest absolute Gasteiger partial charge is 0.355 e. The summed E-state index contributed by atoms with van der Waals surface area (Å²) >= 11 is 0. The van der Waals surface area contributed by atoms with Crippen LogP contribution in [0.1, 0.15) is 40.5 Å². The van der Waals surface area contributed by atoms with E-state index < -0.39 is 0 Å². The third-order valence-electron chi connectivity index (χ3n) is 2.30. The highest BCUT2D eigenvalue weighted by Crippen LogP contribution is 2.00. The van der Waals surface area contributed by atoms with E-state index in [0.717, 1.165) is 19.6 Å². The minimum atomic E-state index is 0.0594. The summed E-state index contributed by atoms with van der Waals surface area (Å²) in [6.45, 7) is 11.0. The van der Waals surface area contributed by atoms with Crippen LogP contribution in [0.15, 0.2) is 0 Å². The molecule has 0 spiro atoms. The fourth-order valence-corrected chi connectivity index (χ4v) is 1.36.